The number of ether oxygens (including phenoxy) is 2. The normalized spacial score (nSPS) is 16.0. The van der Waals surface area contributed by atoms with Crippen molar-refractivity contribution in [3.63, 3.8) is 0 Å². The largest absolute Gasteiger partial charge is 0.482 e. The van der Waals surface area contributed by atoms with E-state index in [1.807, 2.05) is 13.0 Å². The van der Waals surface area contributed by atoms with Crippen LogP contribution in [-0.4, -0.2) is 42.0 Å². The van der Waals surface area contributed by atoms with Crippen LogP contribution in [0.4, 0.5) is 0 Å². The van der Waals surface area contributed by atoms with Gasteiger partial charge in [0.05, 0.1) is 5.69 Å². The first kappa shape index (κ1) is 17.9. The summed E-state index contributed by atoms with van der Waals surface area (Å²) >= 11 is 0. The highest BCUT2D eigenvalue weighted by Gasteiger charge is 2.39. The van der Waals surface area contributed by atoms with E-state index in [-0.39, 0.29) is 5.91 Å². The average molecular weight is 360 g/mol. The maximum atomic E-state index is 12.7. The van der Waals surface area contributed by atoms with Crippen LogP contribution in [-0.2, 0) is 15.1 Å². The summed E-state index contributed by atoms with van der Waals surface area (Å²) in [6.45, 7) is 2.43. The summed E-state index contributed by atoms with van der Waals surface area (Å²) in [5.74, 6) is -0.315. The predicted molar refractivity (Wildman–Crippen MR) is 90.0 cm³/mol. The lowest BCUT2D eigenvalue weighted by atomic mass is 9.86. The first-order chi connectivity index (χ1) is 12.5. The third-order valence-electron chi connectivity index (χ3n) is 4.28. The molecule has 1 amide bonds. The molecular weight excluding hydrogens is 340 g/mol. The highest BCUT2D eigenvalue weighted by Crippen LogP contribution is 2.33. The number of aryl methyl sites for hydroxylation is 1. The molecule has 26 heavy (non-hydrogen) atoms. The lowest BCUT2D eigenvalue weighted by molar-refractivity contribution is -0.139. The van der Waals surface area contributed by atoms with Gasteiger partial charge in [-0.05, 0) is 31.2 Å². The van der Waals surface area contributed by atoms with Gasteiger partial charge in [-0.3, -0.25) is 4.79 Å². The van der Waals surface area contributed by atoms with Gasteiger partial charge in [0.1, 0.15) is 11.3 Å². The number of carboxylic acid groups (broad SMARTS) is 1. The van der Waals surface area contributed by atoms with E-state index < -0.39 is 18.1 Å². The molecule has 138 valence electrons. The minimum absolute atomic E-state index is 0.259. The molecule has 0 radical (unpaired) electrons. The van der Waals surface area contributed by atoms with E-state index in [4.69, 9.17) is 19.1 Å². The van der Waals surface area contributed by atoms with Gasteiger partial charge in [0.25, 0.3) is 5.91 Å². The van der Waals surface area contributed by atoms with Crippen LogP contribution in [0.1, 0.15) is 34.7 Å². The first-order valence-corrected chi connectivity index (χ1v) is 8.27. The molecule has 0 atom stereocenters. The molecule has 2 heterocycles. The third-order valence-corrected chi connectivity index (χ3v) is 4.28. The predicted octanol–water partition coefficient (Wildman–Crippen LogP) is 1.88. The molecule has 1 saturated heterocycles. The Kier molecular flexibility index (Phi) is 5.22. The Bertz CT molecular complexity index is 777. The van der Waals surface area contributed by atoms with Gasteiger partial charge in [-0.2, -0.15) is 0 Å². The van der Waals surface area contributed by atoms with E-state index in [0.29, 0.717) is 43.1 Å². The van der Waals surface area contributed by atoms with Gasteiger partial charge in [-0.1, -0.05) is 5.16 Å². The number of amides is 1. The minimum Gasteiger partial charge on any atom is -0.482 e. The fourth-order valence-corrected chi connectivity index (χ4v) is 2.88. The van der Waals surface area contributed by atoms with Gasteiger partial charge in [0.15, 0.2) is 12.4 Å². The molecule has 2 aromatic rings. The second kappa shape index (κ2) is 7.57. The monoisotopic (exact) mass is 360 g/mol. The molecule has 1 aromatic carbocycles. The Morgan fingerprint density at radius 3 is 2.54 bits per heavy atom. The molecular formula is C18H20N2O6. The van der Waals surface area contributed by atoms with Crippen molar-refractivity contribution in [3.8, 4) is 5.75 Å². The van der Waals surface area contributed by atoms with Crippen LogP contribution in [0.3, 0.4) is 0 Å². The molecule has 2 N–H and O–H groups in total. The van der Waals surface area contributed by atoms with Gasteiger partial charge in [-0.25, -0.2) is 4.79 Å². The van der Waals surface area contributed by atoms with E-state index in [1.165, 1.54) is 0 Å². The topological polar surface area (TPSA) is 111 Å². The number of carbonyl (C=O) groups is 2. The van der Waals surface area contributed by atoms with Crippen LogP contribution < -0.4 is 10.1 Å². The molecule has 0 spiro atoms. The lowest BCUT2D eigenvalue weighted by Crippen LogP contribution is -2.49. The molecule has 0 aliphatic carbocycles. The van der Waals surface area contributed by atoms with Crippen LogP contribution in [0.25, 0.3) is 0 Å². The van der Waals surface area contributed by atoms with Crippen molar-refractivity contribution in [1.82, 2.24) is 10.5 Å². The zero-order chi connectivity index (χ0) is 18.6. The van der Waals surface area contributed by atoms with E-state index in [0.717, 1.165) is 5.69 Å². The quantitative estimate of drug-likeness (QED) is 0.809. The van der Waals surface area contributed by atoms with E-state index >= 15 is 0 Å². The van der Waals surface area contributed by atoms with Crippen molar-refractivity contribution in [2.75, 3.05) is 19.8 Å². The summed E-state index contributed by atoms with van der Waals surface area (Å²) in [6, 6.07) is 8.13. The number of rotatable bonds is 6. The highest BCUT2D eigenvalue weighted by atomic mass is 16.5. The molecule has 1 aliphatic rings. The smallest absolute Gasteiger partial charge is 0.341 e. The number of nitrogens with one attached hydrogen (secondary N) is 1. The fourth-order valence-electron chi connectivity index (χ4n) is 2.88. The van der Waals surface area contributed by atoms with Crippen molar-refractivity contribution >= 4 is 11.9 Å². The molecule has 3 rings (SSSR count). The van der Waals surface area contributed by atoms with Crippen molar-refractivity contribution in [3.05, 3.63) is 47.3 Å². The SMILES string of the molecule is Cc1cc(C2(NC(=O)c3ccc(OCC(=O)O)cc3)CCOCC2)on1. The molecule has 0 bridgehead atoms. The number of nitrogens with zero attached hydrogens (tertiary/aromatic N) is 1. The van der Waals surface area contributed by atoms with E-state index in [2.05, 4.69) is 10.5 Å². The minimum atomic E-state index is -1.06. The van der Waals surface area contributed by atoms with Crippen molar-refractivity contribution in [1.29, 1.82) is 0 Å². The van der Waals surface area contributed by atoms with Crippen molar-refractivity contribution < 1.29 is 28.7 Å². The highest BCUT2D eigenvalue weighted by molar-refractivity contribution is 5.94. The van der Waals surface area contributed by atoms with Gasteiger partial charge in [-0.15, -0.1) is 0 Å². The van der Waals surface area contributed by atoms with Crippen molar-refractivity contribution in [2.45, 2.75) is 25.3 Å². The third kappa shape index (κ3) is 4.02. The number of benzene rings is 1. The summed E-state index contributed by atoms with van der Waals surface area (Å²) in [5, 5.41) is 15.6. The Balaban J connectivity index is 1.74. The number of aromatic nitrogens is 1. The lowest BCUT2D eigenvalue weighted by Gasteiger charge is -2.35. The summed E-state index contributed by atoms with van der Waals surface area (Å²) in [5.41, 5.74) is 0.532. The maximum Gasteiger partial charge on any atom is 0.341 e. The molecule has 0 saturated carbocycles. The molecule has 1 fully saturated rings. The molecule has 8 nitrogen and oxygen atoms in total. The fraction of sp³-hybridized carbons (Fsp3) is 0.389. The standard InChI is InChI=1S/C18H20N2O6/c1-12-10-15(26-20-12)18(6-8-24-9-7-18)19-17(23)13-2-4-14(5-3-13)25-11-16(21)22/h2-5,10H,6-9,11H2,1H3,(H,19,23)(H,21,22). The molecule has 8 heteroatoms. The Labute approximate surface area is 150 Å². The summed E-state index contributed by atoms with van der Waals surface area (Å²) < 4.78 is 15.9. The van der Waals surface area contributed by atoms with Crippen molar-refractivity contribution in [2.24, 2.45) is 0 Å². The second-order valence-electron chi connectivity index (χ2n) is 6.19. The Morgan fingerprint density at radius 2 is 1.96 bits per heavy atom. The molecule has 1 aromatic heterocycles. The van der Waals surface area contributed by atoms with Gasteiger partial charge in [0.2, 0.25) is 0 Å². The van der Waals surface area contributed by atoms with Crippen LogP contribution >= 0.6 is 0 Å². The van der Waals surface area contributed by atoms with Gasteiger partial charge >= 0.3 is 5.97 Å². The van der Waals surface area contributed by atoms with Crippen LogP contribution in [0.2, 0.25) is 0 Å². The first-order valence-electron chi connectivity index (χ1n) is 8.27. The number of carbonyl (C=O) groups excluding carboxylic acids is 1. The van der Waals surface area contributed by atoms with Crippen LogP contribution in [0.15, 0.2) is 34.9 Å². The Morgan fingerprint density at radius 1 is 1.27 bits per heavy atom. The average Bonchev–Trinajstić information content (AvgIpc) is 3.08. The Hall–Kier alpha value is -2.87. The van der Waals surface area contributed by atoms with Gasteiger partial charge < -0.3 is 24.4 Å². The molecule has 1 aliphatic heterocycles. The van der Waals surface area contributed by atoms with Gasteiger partial charge in [0, 0.05) is 37.7 Å². The zero-order valence-corrected chi connectivity index (χ0v) is 14.4. The number of hydrogen-bond donors (Lipinski definition) is 2. The maximum absolute atomic E-state index is 12.7. The number of aliphatic carboxylic acids is 1. The number of hydrogen-bond acceptors (Lipinski definition) is 6. The summed E-state index contributed by atoms with van der Waals surface area (Å²) in [7, 11) is 0. The van der Waals surface area contributed by atoms with E-state index in [9.17, 15) is 9.59 Å². The number of carboxylic acids is 1. The molecule has 0 unspecified atom stereocenters. The van der Waals surface area contributed by atoms with Crippen LogP contribution in [0.5, 0.6) is 5.75 Å². The van der Waals surface area contributed by atoms with Crippen LogP contribution in [0, 0.1) is 6.92 Å². The van der Waals surface area contributed by atoms with E-state index in [1.54, 1.807) is 24.3 Å². The zero-order valence-electron chi connectivity index (χ0n) is 14.4. The summed E-state index contributed by atoms with van der Waals surface area (Å²) in [6.07, 6.45) is 1.18. The summed E-state index contributed by atoms with van der Waals surface area (Å²) in [4.78, 5) is 23.3. The second-order valence-corrected chi connectivity index (χ2v) is 6.19.